The Balaban J connectivity index is 1.66. The van der Waals surface area contributed by atoms with Crippen molar-refractivity contribution in [3.05, 3.63) is 45.0 Å². The molecule has 190 valence electrons. The maximum Gasteiger partial charge on any atom is 0.294 e. The van der Waals surface area contributed by atoms with Crippen LogP contribution in [0.4, 0.5) is 0 Å². The standard InChI is InChI=1S/C27H41NO6/c1-18(10-8-6-7-9-11-34-28(30)31)12-19-13-24(32-4)26(25(14-19)33-5)21-15-20(17-29)22-16-23(21)27(22,2)3/h13-15,18,21-23,29H,6-12,16-17H2,1-5H3/t18?,21-,22+,23-/m0/s1. The number of nitrogens with zero attached hydrogens (tertiary/aromatic N) is 1. The van der Waals surface area contributed by atoms with E-state index in [1.807, 2.05) is 0 Å². The molecule has 0 aliphatic heterocycles. The van der Waals surface area contributed by atoms with Gasteiger partial charge in [0.25, 0.3) is 5.09 Å². The third kappa shape index (κ3) is 5.68. The first-order valence-electron chi connectivity index (χ1n) is 12.6. The number of hydrogen-bond acceptors (Lipinski definition) is 6. The van der Waals surface area contributed by atoms with Gasteiger partial charge in [-0.25, -0.2) is 0 Å². The van der Waals surface area contributed by atoms with Crippen LogP contribution < -0.4 is 9.47 Å². The van der Waals surface area contributed by atoms with Crippen LogP contribution >= 0.6 is 0 Å². The maximum absolute atomic E-state index is 10.2. The van der Waals surface area contributed by atoms with Gasteiger partial charge in [-0.1, -0.05) is 52.5 Å². The second-order valence-electron chi connectivity index (χ2n) is 10.6. The third-order valence-electron chi connectivity index (χ3n) is 8.11. The first kappa shape index (κ1) is 26.3. The van der Waals surface area contributed by atoms with Crippen LogP contribution in [0.25, 0.3) is 0 Å². The van der Waals surface area contributed by atoms with E-state index in [9.17, 15) is 15.2 Å². The van der Waals surface area contributed by atoms with E-state index in [1.165, 1.54) is 5.56 Å². The van der Waals surface area contributed by atoms with Crippen molar-refractivity contribution in [2.45, 2.75) is 71.6 Å². The molecule has 1 fully saturated rings. The van der Waals surface area contributed by atoms with Crippen LogP contribution in [-0.4, -0.2) is 37.6 Å². The number of hydrogen-bond donors (Lipinski definition) is 1. The summed E-state index contributed by atoms with van der Waals surface area (Å²) in [5.41, 5.74) is 3.61. The van der Waals surface area contributed by atoms with Crippen molar-refractivity contribution in [3.8, 4) is 11.5 Å². The van der Waals surface area contributed by atoms with Crippen molar-refractivity contribution in [2.24, 2.45) is 23.2 Å². The van der Waals surface area contributed by atoms with E-state index in [1.54, 1.807) is 14.2 Å². The molecule has 1 N–H and O–H groups in total. The van der Waals surface area contributed by atoms with Gasteiger partial charge in [-0.15, -0.1) is 10.1 Å². The van der Waals surface area contributed by atoms with Gasteiger partial charge in [0, 0.05) is 11.5 Å². The van der Waals surface area contributed by atoms with Gasteiger partial charge in [0.15, 0.2) is 0 Å². The van der Waals surface area contributed by atoms with Gasteiger partial charge >= 0.3 is 0 Å². The average Bonchev–Trinajstić information content (AvgIpc) is 2.81. The minimum Gasteiger partial charge on any atom is -0.496 e. The van der Waals surface area contributed by atoms with E-state index in [0.717, 1.165) is 67.6 Å². The lowest BCUT2D eigenvalue weighted by Gasteiger charge is -2.59. The van der Waals surface area contributed by atoms with Gasteiger partial charge in [0.1, 0.15) is 11.5 Å². The first-order valence-corrected chi connectivity index (χ1v) is 12.6. The van der Waals surface area contributed by atoms with E-state index < -0.39 is 5.09 Å². The number of rotatable bonds is 14. The van der Waals surface area contributed by atoms with E-state index in [4.69, 9.17) is 9.47 Å². The van der Waals surface area contributed by atoms with Crippen LogP contribution in [0, 0.1) is 33.3 Å². The molecule has 3 aliphatic rings. The Morgan fingerprint density at radius 1 is 1.15 bits per heavy atom. The Labute approximate surface area is 203 Å². The van der Waals surface area contributed by atoms with Gasteiger partial charge < -0.3 is 19.4 Å². The van der Waals surface area contributed by atoms with Gasteiger partial charge in [0.2, 0.25) is 0 Å². The summed E-state index contributed by atoms with van der Waals surface area (Å²) in [6, 6.07) is 4.32. The van der Waals surface area contributed by atoms with E-state index in [0.29, 0.717) is 17.8 Å². The zero-order chi connectivity index (χ0) is 24.9. The molecule has 1 aromatic carbocycles. The van der Waals surface area contributed by atoms with Crippen LogP contribution in [0.15, 0.2) is 23.8 Å². The monoisotopic (exact) mass is 475 g/mol. The lowest BCUT2D eigenvalue weighted by atomic mass is 9.45. The molecule has 0 spiro atoms. The molecule has 0 aromatic heterocycles. The molecule has 3 aliphatic carbocycles. The van der Waals surface area contributed by atoms with Crippen molar-refractivity contribution in [2.75, 3.05) is 27.4 Å². The summed E-state index contributed by atoms with van der Waals surface area (Å²) in [6.45, 7) is 7.18. The molecule has 0 saturated heterocycles. The first-order chi connectivity index (χ1) is 16.2. The summed E-state index contributed by atoms with van der Waals surface area (Å²) >= 11 is 0. The van der Waals surface area contributed by atoms with E-state index in [2.05, 4.69) is 43.8 Å². The maximum atomic E-state index is 10.2. The van der Waals surface area contributed by atoms with Crippen LogP contribution in [-0.2, 0) is 11.3 Å². The molecule has 0 heterocycles. The molecule has 1 saturated carbocycles. The molecule has 1 aromatic rings. The number of allylic oxidation sites excluding steroid dienone is 1. The highest BCUT2D eigenvalue weighted by Gasteiger charge is 2.56. The highest BCUT2D eigenvalue weighted by Crippen LogP contribution is 2.65. The topological polar surface area (TPSA) is 91.1 Å². The summed E-state index contributed by atoms with van der Waals surface area (Å²) in [5.74, 6) is 3.40. The fourth-order valence-corrected chi connectivity index (χ4v) is 6.14. The van der Waals surface area contributed by atoms with Crippen molar-refractivity contribution in [3.63, 3.8) is 0 Å². The van der Waals surface area contributed by atoms with Gasteiger partial charge in [-0.3, -0.25) is 0 Å². The molecular formula is C27H41NO6. The van der Waals surface area contributed by atoms with Crippen LogP contribution in [0.3, 0.4) is 0 Å². The van der Waals surface area contributed by atoms with Crippen molar-refractivity contribution >= 4 is 0 Å². The Morgan fingerprint density at radius 3 is 2.35 bits per heavy atom. The minimum atomic E-state index is -0.726. The second-order valence-corrected chi connectivity index (χ2v) is 10.6. The normalized spacial score (nSPS) is 23.5. The number of ether oxygens (including phenoxy) is 2. The van der Waals surface area contributed by atoms with Gasteiger partial charge in [0.05, 0.1) is 27.4 Å². The molecular weight excluding hydrogens is 434 g/mol. The lowest BCUT2D eigenvalue weighted by molar-refractivity contribution is -0.757. The predicted octanol–water partition coefficient (Wildman–Crippen LogP) is 5.72. The summed E-state index contributed by atoms with van der Waals surface area (Å²) in [7, 11) is 3.45. The zero-order valence-electron chi connectivity index (χ0n) is 21.3. The van der Waals surface area contributed by atoms with Crippen LogP contribution in [0.2, 0.25) is 0 Å². The predicted molar refractivity (Wildman–Crippen MR) is 132 cm³/mol. The number of aliphatic hydroxyl groups is 1. The van der Waals surface area contributed by atoms with E-state index in [-0.39, 0.29) is 24.5 Å². The Kier molecular flexibility index (Phi) is 8.85. The highest BCUT2D eigenvalue weighted by molar-refractivity contribution is 5.54. The van der Waals surface area contributed by atoms with Crippen LogP contribution in [0.5, 0.6) is 11.5 Å². The summed E-state index contributed by atoms with van der Waals surface area (Å²) in [5, 5.41) is 19.4. The summed E-state index contributed by atoms with van der Waals surface area (Å²) < 4.78 is 11.8. The molecule has 2 bridgehead atoms. The van der Waals surface area contributed by atoms with Crippen molar-refractivity contribution < 1.29 is 24.5 Å². The number of methoxy groups -OCH3 is 2. The third-order valence-corrected chi connectivity index (χ3v) is 8.11. The molecule has 1 unspecified atom stereocenters. The summed E-state index contributed by atoms with van der Waals surface area (Å²) in [6.07, 6.45) is 9.22. The fraction of sp³-hybridized carbons (Fsp3) is 0.704. The molecule has 7 nitrogen and oxygen atoms in total. The summed E-state index contributed by atoms with van der Waals surface area (Å²) in [4.78, 5) is 14.5. The molecule has 34 heavy (non-hydrogen) atoms. The number of benzene rings is 1. The molecule has 4 atom stereocenters. The SMILES string of the molecule is COc1cc(CC(C)CCCCCCO[N+](=O)[O-])cc(OC)c1[C@H]1C=C(CO)[C@H]2C[C@@H]1C2(C)C. The van der Waals surface area contributed by atoms with Crippen LogP contribution in [0.1, 0.15) is 76.3 Å². The molecule has 7 heteroatoms. The van der Waals surface area contributed by atoms with Gasteiger partial charge in [-0.2, -0.15) is 0 Å². The Bertz CT molecular complexity index is 855. The highest BCUT2D eigenvalue weighted by atomic mass is 16.9. The number of aliphatic hydroxyl groups excluding tert-OH is 1. The number of unbranched alkanes of at least 4 members (excludes halogenated alkanes) is 3. The number of fused-ring (bicyclic) bond motifs is 1. The Hall–Kier alpha value is -2.28. The molecule has 4 rings (SSSR count). The smallest absolute Gasteiger partial charge is 0.294 e. The second kappa shape index (κ2) is 11.4. The molecule has 0 radical (unpaired) electrons. The van der Waals surface area contributed by atoms with E-state index >= 15 is 0 Å². The Morgan fingerprint density at radius 2 is 1.79 bits per heavy atom. The lowest BCUT2D eigenvalue weighted by Crippen LogP contribution is -2.51. The fourth-order valence-electron chi connectivity index (χ4n) is 6.14. The van der Waals surface area contributed by atoms with Crippen molar-refractivity contribution in [1.82, 2.24) is 0 Å². The minimum absolute atomic E-state index is 0.111. The quantitative estimate of drug-likeness (QED) is 0.160. The van der Waals surface area contributed by atoms with Gasteiger partial charge in [-0.05, 0) is 65.7 Å². The largest absolute Gasteiger partial charge is 0.496 e. The average molecular weight is 476 g/mol. The zero-order valence-corrected chi connectivity index (χ0v) is 21.3. The molecule has 0 amide bonds. The van der Waals surface area contributed by atoms with Crippen molar-refractivity contribution in [1.29, 1.82) is 0 Å².